The lowest BCUT2D eigenvalue weighted by Crippen LogP contribution is -2.37. The molecule has 2 aromatic carbocycles. The molecule has 3 aromatic rings. The molecule has 0 radical (unpaired) electrons. The number of ether oxygens (including phenoxy) is 1. The molecule has 0 saturated carbocycles. The maximum atomic E-state index is 13.9. The van der Waals surface area contributed by atoms with E-state index in [1.807, 2.05) is 0 Å². The fourth-order valence-corrected chi connectivity index (χ4v) is 3.21. The van der Waals surface area contributed by atoms with Crippen LogP contribution in [0.25, 0.3) is 16.6 Å². The SMILES string of the molecule is C[C@H](NC(=O)OC(C)(C)C)c1nc2cccc(Cl)c2c(=O)n1-c1cc(F)cc(F)c1. The summed E-state index contributed by atoms with van der Waals surface area (Å²) in [6.07, 6.45) is -0.729. The Morgan fingerprint density at radius 1 is 1.20 bits per heavy atom. The predicted octanol–water partition coefficient (Wildman–Crippen LogP) is 4.90. The molecule has 0 aliphatic heterocycles. The zero-order chi connectivity index (χ0) is 22.2. The van der Waals surface area contributed by atoms with Gasteiger partial charge in [-0.15, -0.1) is 0 Å². The number of rotatable bonds is 3. The van der Waals surface area contributed by atoms with E-state index in [1.165, 1.54) is 6.07 Å². The van der Waals surface area contributed by atoms with Crippen molar-refractivity contribution < 1.29 is 18.3 Å². The number of carbonyl (C=O) groups excluding carboxylic acids is 1. The highest BCUT2D eigenvalue weighted by Crippen LogP contribution is 2.24. The Labute approximate surface area is 176 Å². The molecule has 3 rings (SSSR count). The molecule has 0 saturated heterocycles. The smallest absolute Gasteiger partial charge is 0.408 e. The van der Waals surface area contributed by atoms with Gasteiger partial charge in [0.25, 0.3) is 5.56 Å². The van der Waals surface area contributed by atoms with Crippen molar-refractivity contribution in [3.05, 3.63) is 69.2 Å². The van der Waals surface area contributed by atoms with E-state index in [-0.39, 0.29) is 27.4 Å². The van der Waals surface area contributed by atoms with Gasteiger partial charge in [0, 0.05) is 6.07 Å². The third-order valence-electron chi connectivity index (χ3n) is 4.10. The van der Waals surface area contributed by atoms with Crippen molar-refractivity contribution in [1.82, 2.24) is 14.9 Å². The van der Waals surface area contributed by atoms with Crippen LogP contribution in [0.1, 0.15) is 39.6 Å². The summed E-state index contributed by atoms with van der Waals surface area (Å²) < 4.78 is 34.0. The van der Waals surface area contributed by atoms with Crippen LogP contribution in [0.5, 0.6) is 0 Å². The van der Waals surface area contributed by atoms with E-state index >= 15 is 0 Å². The van der Waals surface area contributed by atoms with Crippen LogP contribution in [0, 0.1) is 11.6 Å². The molecule has 1 N–H and O–H groups in total. The van der Waals surface area contributed by atoms with Crippen molar-refractivity contribution >= 4 is 28.6 Å². The van der Waals surface area contributed by atoms with Gasteiger partial charge in [0.1, 0.15) is 23.1 Å². The van der Waals surface area contributed by atoms with E-state index in [0.717, 1.165) is 16.7 Å². The van der Waals surface area contributed by atoms with E-state index in [1.54, 1.807) is 39.8 Å². The number of hydrogen-bond donors (Lipinski definition) is 1. The van der Waals surface area contributed by atoms with Gasteiger partial charge in [-0.3, -0.25) is 9.36 Å². The Morgan fingerprint density at radius 2 is 1.83 bits per heavy atom. The Morgan fingerprint density at radius 3 is 2.43 bits per heavy atom. The number of nitrogens with zero attached hydrogens (tertiary/aromatic N) is 2. The molecule has 0 aliphatic carbocycles. The molecule has 1 amide bonds. The molecule has 0 spiro atoms. The number of carbonyl (C=O) groups is 1. The van der Waals surface area contributed by atoms with Crippen LogP contribution < -0.4 is 10.9 Å². The topological polar surface area (TPSA) is 73.2 Å². The Balaban J connectivity index is 2.22. The molecule has 30 heavy (non-hydrogen) atoms. The second-order valence-corrected chi connectivity index (χ2v) is 8.15. The van der Waals surface area contributed by atoms with Crippen molar-refractivity contribution in [3.8, 4) is 5.69 Å². The van der Waals surface area contributed by atoms with Crippen LogP contribution in [-0.4, -0.2) is 21.2 Å². The number of hydrogen-bond acceptors (Lipinski definition) is 4. The molecule has 0 unspecified atom stereocenters. The van der Waals surface area contributed by atoms with Gasteiger partial charge in [0.2, 0.25) is 0 Å². The number of benzene rings is 2. The Kier molecular flexibility index (Phi) is 5.81. The molecule has 1 aromatic heterocycles. The first-order valence-corrected chi connectivity index (χ1v) is 9.51. The molecule has 1 atom stereocenters. The Hall–Kier alpha value is -3.00. The largest absolute Gasteiger partial charge is 0.444 e. The minimum absolute atomic E-state index is 0.0608. The number of alkyl carbamates (subject to hydrolysis) is 1. The first-order valence-electron chi connectivity index (χ1n) is 9.13. The third-order valence-corrected chi connectivity index (χ3v) is 4.41. The summed E-state index contributed by atoms with van der Waals surface area (Å²) in [5.41, 5.74) is -1.16. The summed E-state index contributed by atoms with van der Waals surface area (Å²) in [7, 11) is 0. The number of aromatic nitrogens is 2. The summed E-state index contributed by atoms with van der Waals surface area (Å²) >= 11 is 6.18. The van der Waals surface area contributed by atoms with E-state index in [0.29, 0.717) is 6.07 Å². The predicted molar refractivity (Wildman–Crippen MR) is 110 cm³/mol. The maximum absolute atomic E-state index is 13.9. The van der Waals surface area contributed by atoms with Crippen molar-refractivity contribution in [1.29, 1.82) is 0 Å². The van der Waals surface area contributed by atoms with E-state index in [2.05, 4.69) is 10.3 Å². The molecule has 6 nitrogen and oxygen atoms in total. The number of halogens is 3. The van der Waals surface area contributed by atoms with Crippen LogP contribution in [0.3, 0.4) is 0 Å². The summed E-state index contributed by atoms with van der Waals surface area (Å²) in [5.74, 6) is -1.67. The number of nitrogens with one attached hydrogen (secondary N) is 1. The van der Waals surface area contributed by atoms with Gasteiger partial charge in [0.15, 0.2) is 0 Å². The molecule has 9 heteroatoms. The highest BCUT2D eigenvalue weighted by molar-refractivity contribution is 6.35. The average Bonchev–Trinajstić information content (AvgIpc) is 2.58. The minimum Gasteiger partial charge on any atom is -0.444 e. The van der Waals surface area contributed by atoms with Crippen LogP contribution in [-0.2, 0) is 4.74 Å². The molecule has 158 valence electrons. The Bertz CT molecular complexity index is 1170. The number of fused-ring (bicyclic) bond motifs is 1. The van der Waals surface area contributed by atoms with Crippen molar-refractivity contribution in [2.75, 3.05) is 0 Å². The third kappa shape index (κ3) is 4.59. The molecule has 1 heterocycles. The van der Waals surface area contributed by atoms with Gasteiger partial charge in [0.05, 0.1) is 27.7 Å². The zero-order valence-electron chi connectivity index (χ0n) is 16.8. The first-order chi connectivity index (χ1) is 14.0. The first kappa shape index (κ1) is 21.7. The fourth-order valence-electron chi connectivity index (χ4n) is 2.96. The lowest BCUT2D eigenvalue weighted by atomic mass is 10.2. The molecule has 0 bridgehead atoms. The van der Waals surface area contributed by atoms with E-state index in [4.69, 9.17) is 16.3 Å². The fraction of sp³-hybridized carbons (Fsp3) is 0.286. The minimum atomic E-state index is -0.866. The summed E-state index contributed by atoms with van der Waals surface area (Å²) in [5, 5.41) is 2.84. The van der Waals surface area contributed by atoms with Gasteiger partial charge in [-0.1, -0.05) is 17.7 Å². The monoisotopic (exact) mass is 435 g/mol. The van der Waals surface area contributed by atoms with Crippen LogP contribution in [0.15, 0.2) is 41.2 Å². The maximum Gasteiger partial charge on any atom is 0.408 e. The second-order valence-electron chi connectivity index (χ2n) is 7.74. The van der Waals surface area contributed by atoms with E-state index < -0.39 is 34.9 Å². The molecule has 0 fully saturated rings. The second kappa shape index (κ2) is 8.02. The summed E-state index contributed by atoms with van der Waals surface area (Å²) in [6.45, 7) is 6.70. The quantitative estimate of drug-likeness (QED) is 0.634. The average molecular weight is 436 g/mol. The summed E-state index contributed by atoms with van der Waals surface area (Å²) in [4.78, 5) is 29.9. The van der Waals surface area contributed by atoms with Crippen LogP contribution >= 0.6 is 11.6 Å². The molecular weight excluding hydrogens is 416 g/mol. The van der Waals surface area contributed by atoms with Gasteiger partial charge in [-0.2, -0.15) is 0 Å². The van der Waals surface area contributed by atoms with E-state index in [9.17, 15) is 18.4 Å². The lowest BCUT2D eigenvalue weighted by Gasteiger charge is -2.23. The van der Waals surface area contributed by atoms with Crippen LogP contribution in [0.2, 0.25) is 5.02 Å². The van der Waals surface area contributed by atoms with Gasteiger partial charge in [-0.25, -0.2) is 18.6 Å². The molecular formula is C21H20ClF2N3O3. The zero-order valence-corrected chi connectivity index (χ0v) is 17.6. The normalized spacial score (nSPS) is 12.6. The van der Waals surface area contributed by atoms with Gasteiger partial charge >= 0.3 is 6.09 Å². The van der Waals surface area contributed by atoms with Gasteiger partial charge < -0.3 is 10.1 Å². The van der Waals surface area contributed by atoms with Crippen molar-refractivity contribution in [2.45, 2.75) is 39.3 Å². The molecule has 0 aliphatic rings. The highest BCUT2D eigenvalue weighted by atomic mass is 35.5. The highest BCUT2D eigenvalue weighted by Gasteiger charge is 2.23. The lowest BCUT2D eigenvalue weighted by molar-refractivity contribution is 0.0505. The van der Waals surface area contributed by atoms with Gasteiger partial charge in [-0.05, 0) is 52.0 Å². The van der Waals surface area contributed by atoms with Crippen molar-refractivity contribution in [3.63, 3.8) is 0 Å². The van der Waals surface area contributed by atoms with Crippen LogP contribution in [0.4, 0.5) is 13.6 Å². The number of amides is 1. The summed E-state index contributed by atoms with van der Waals surface area (Å²) in [6, 6.07) is 6.59. The van der Waals surface area contributed by atoms with Crippen molar-refractivity contribution in [2.24, 2.45) is 0 Å². The standard InChI is InChI=1S/C21H20ClF2N3O3/c1-11(25-20(29)30-21(2,3)4)18-26-16-7-5-6-15(22)17(16)19(28)27(18)14-9-12(23)8-13(24)10-14/h5-11H,1-4H3,(H,25,29)/t11-/m0/s1.